The first-order valence-electron chi connectivity index (χ1n) is 6.43. The molecule has 3 rings (SSSR count). The molecule has 3 unspecified atom stereocenters. The fourth-order valence-electron chi connectivity index (χ4n) is 3.18. The van der Waals surface area contributed by atoms with Crippen molar-refractivity contribution in [3.05, 3.63) is 47.7 Å². The predicted octanol–water partition coefficient (Wildman–Crippen LogP) is 3.26. The second-order valence-electron chi connectivity index (χ2n) is 5.27. The van der Waals surface area contributed by atoms with Gasteiger partial charge in [-0.1, -0.05) is 62.2 Å². The Morgan fingerprint density at radius 2 is 1.95 bits per heavy atom. The molecule has 0 N–H and O–H groups in total. The van der Waals surface area contributed by atoms with E-state index in [0.29, 0.717) is 17.5 Å². The average Bonchev–Trinajstić information content (AvgIpc) is 3.02. The van der Waals surface area contributed by atoms with E-state index in [1.54, 1.807) is 0 Å². The highest BCUT2D eigenvalue weighted by atomic mass is 79.9. The fourth-order valence-corrected chi connectivity index (χ4v) is 5.16. The first kappa shape index (κ1) is 14.1. The summed E-state index contributed by atoms with van der Waals surface area (Å²) in [7, 11) is 3.42. The van der Waals surface area contributed by atoms with Crippen LogP contribution < -0.4 is 0 Å². The predicted molar refractivity (Wildman–Crippen MR) is 84.9 cm³/mol. The van der Waals surface area contributed by atoms with Crippen LogP contribution in [0.3, 0.4) is 0 Å². The molecule has 20 heavy (non-hydrogen) atoms. The van der Waals surface area contributed by atoms with Gasteiger partial charge in [0.15, 0.2) is 0 Å². The minimum absolute atomic E-state index is 0.0450. The van der Waals surface area contributed by atoms with Crippen molar-refractivity contribution >= 4 is 37.8 Å². The van der Waals surface area contributed by atoms with E-state index in [1.807, 2.05) is 31.4 Å². The van der Waals surface area contributed by atoms with Crippen molar-refractivity contribution in [3.8, 4) is 0 Å². The number of halogens is 2. The normalized spacial score (nSPS) is 30.3. The van der Waals surface area contributed by atoms with Gasteiger partial charge in [-0.05, 0) is 5.56 Å². The van der Waals surface area contributed by atoms with Crippen LogP contribution >= 0.6 is 31.9 Å². The van der Waals surface area contributed by atoms with Crippen molar-refractivity contribution in [2.24, 2.45) is 5.92 Å². The minimum Gasteiger partial charge on any atom is -0.466 e. The lowest BCUT2D eigenvalue weighted by Crippen LogP contribution is -2.28. The maximum absolute atomic E-state index is 12.1. The highest BCUT2D eigenvalue weighted by Crippen LogP contribution is 2.67. The lowest BCUT2D eigenvalue weighted by Gasteiger charge is -2.27. The van der Waals surface area contributed by atoms with Gasteiger partial charge < -0.3 is 9.64 Å². The molecule has 3 nitrogen and oxygen atoms in total. The number of methoxy groups -OCH3 is 1. The molecule has 0 amide bonds. The highest BCUT2D eigenvalue weighted by molar-refractivity contribution is 9.25. The summed E-state index contributed by atoms with van der Waals surface area (Å²) in [6.07, 6.45) is 1.91. The third-order valence-corrected chi connectivity index (χ3v) is 6.12. The molecule has 1 aliphatic heterocycles. The molecule has 0 radical (unpaired) electrons. The standard InChI is InChI=1S/C15H15Br2NO2/c1-18-8-10(14(19)20-2)11(9-6-4-3-5-7-9)12-13(18)15(12,16)17/h3-8,11-13H,1-2H3. The maximum atomic E-state index is 12.1. The number of alkyl halides is 2. The minimum atomic E-state index is -0.258. The number of nitrogens with zero attached hydrogens (tertiary/aromatic N) is 1. The van der Waals surface area contributed by atoms with Crippen LogP contribution in [0.15, 0.2) is 42.1 Å². The Bertz CT molecular complexity index is 570. The van der Waals surface area contributed by atoms with Crippen LogP contribution in [0.4, 0.5) is 0 Å². The van der Waals surface area contributed by atoms with E-state index in [2.05, 4.69) is 48.9 Å². The molecule has 1 fully saturated rings. The zero-order valence-electron chi connectivity index (χ0n) is 11.2. The summed E-state index contributed by atoms with van der Waals surface area (Å²) in [4.78, 5) is 14.2. The molecule has 1 saturated carbocycles. The van der Waals surface area contributed by atoms with Crippen molar-refractivity contribution in [1.82, 2.24) is 4.90 Å². The fraction of sp³-hybridized carbons (Fsp3) is 0.400. The number of carbonyl (C=O) groups excluding carboxylic acids is 1. The van der Waals surface area contributed by atoms with E-state index in [-0.39, 0.29) is 15.1 Å². The Labute approximate surface area is 135 Å². The summed E-state index contributed by atoms with van der Waals surface area (Å²) in [5.41, 5.74) is 1.86. The number of hydrogen-bond donors (Lipinski definition) is 0. The Morgan fingerprint density at radius 3 is 2.55 bits per heavy atom. The molecule has 1 heterocycles. The lowest BCUT2D eigenvalue weighted by molar-refractivity contribution is -0.136. The molecule has 0 saturated heterocycles. The van der Waals surface area contributed by atoms with Gasteiger partial charge in [0.25, 0.3) is 0 Å². The van der Waals surface area contributed by atoms with Crippen LogP contribution in [-0.4, -0.2) is 34.3 Å². The average molecular weight is 401 g/mol. The van der Waals surface area contributed by atoms with Gasteiger partial charge in [0.2, 0.25) is 0 Å². The summed E-state index contributed by atoms with van der Waals surface area (Å²) >= 11 is 7.49. The zero-order chi connectivity index (χ0) is 14.5. The Morgan fingerprint density at radius 1 is 1.30 bits per heavy atom. The van der Waals surface area contributed by atoms with E-state index in [4.69, 9.17) is 4.74 Å². The first-order valence-corrected chi connectivity index (χ1v) is 8.01. The van der Waals surface area contributed by atoms with Crippen LogP contribution in [0.1, 0.15) is 11.5 Å². The van der Waals surface area contributed by atoms with Crippen molar-refractivity contribution in [3.63, 3.8) is 0 Å². The molecule has 5 heteroatoms. The Kier molecular flexibility index (Phi) is 3.45. The molecule has 3 atom stereocenters. The zero-order valence-corrected chi connectivity index (χ0v) is 14.4. The van der Waals surface area contributed by atoms with Gasteiger partial charge in [-0.15, -0.1) is 0 Å². The number of ether oxygens (including phenoxy) is 1. The number of rotatable bonds is 2. The van der Waals surface area contributed by atoms with Crippen LogP contribution in [0.25, 0.3) is 0 Å². The lowest BCUT2D eigenvalue weighted by atomic mass is 9.85. The van der Waals surface area contributed by atoms with Crippen LogP contribution in [0, 0.1) is 5.92 Å². The number of esters is 1. The van der Waals surface area contributed by atoms with Gasteiger partial charge in [0.1, 0.15) is 3.23 Å². The molecular weight excluding hydrogens is 386 g/mol. The van der Waals surface area contributed by atoms with Crippen molar-refractivity contribution < 1.29 is 9.53 Å². The molecule has 2 aliphatic rings. The molecule has 1 aromatic rings. The number of benzene rings is 1. The molecule has 0 aromatic heterocycles. The van der Waals surface area contributed by atoms with Gasteiger partial charge in [0, 0.05) is 25.1 Å². The molecule has 0 spiro atoms. The monoisotopic (exact) mass is 399 g/mol. The van der Waals surface area contributed by atoms with E-state index in [9.17, 15) is 4.79 Å². The largest absolute Gasteiger partial charge is 0.466 e. The SMILES string of the molecule is COC(=O)C1=CN(C)C2C(C1c1ccccc1)C2(Br)Br. The topological polar surface area (TPSA) is 29.5 Å². The molecule has 106 valence electrons. The molecule has 1 aromatic carbocycles. The van der Waals surface area contributed by atoms with E-state index in [0.717, 1.165) is 5.56 Å². The maximum Gasteiger partial charge on any atom is 0.335 e. The van der Waals surface area contributed by atoms with E-state index in [1.165, 1.54) is 7.11 Å². The second kappa shape index (κ2) is 4.88. The van der Waals surface area contributed by atoms with Crippen molar-refractivity contribution in [2.75, 3.05) is 14.2 Å². The number of carbonyl (C=O) groups is 1. The molecule has 1 aliphatic carbocycles. The summed E-state index contributed by atoms with van der Waals surface area (Å²) in [5.74, 6) is 0.0875. The van der Waals surface area contributed by atoms with Crippen LogP contribution in [-0.2, 0) is 9.53 Å². The Hall–Kier alpha value is -0.810. The Balaban J connectivity index is 2.07. The number of fused-ring (bicyclic) bond motifs is 1. The van der Waals surface area contributed by atoms with Gasteiger partial charge in [-0.2, -0.15) is 0 Å². The third-order valence-electron chi connectivity index (χ3n) is 4.13. The van der Waals surface area contributed by atoms with Gasteiger partial charge in [-0.25, -0.2) is 4.79 Å². The summed E-state index contributed by atoms with van der Waals surface area (Å²) in [6, 6.07) is 10.5. The quantitative estimate of drug-likeness (QED) is 0.563. The van der Waals surface area contributed by atoms with E-state index >= 15 is 0 Å². The van der Waals surface area contributed by atoms with Crippen LogP contribution in [0.5, 0.6) is 0 Å². The smallest absolute Gasteiger partial charge is 0.335 e. The van der Waals surface area contributed by atoms with Crippen molar-refractivity contribution in [2.45, 2.75) is 15.2 Å². The number of hydrogen-bond acceptors (Lipinski definition) is 3. The van der Waals surface area contributed by atoms with Gasteiger partial charge in [-0.3, -0.25) is 0 Å². The summed E-state index contributed by atoms with van der Waals surface area (Å²) < 4.78 is 4.81. The van der Waals surface area contributed by atoms with Crippen LogP contribution in [0.2, 0.25) is 0 Å². The summed E-state index contributed by atoms with van der Waals surface area (Å²) in [5, 5.41) is 0. The second-order valence-corrected chi connectivity index (χ2v) is 8.96. The van der Waals surface area contributed by atoms with Gasteiger partial charge >= 0.3 is 5.97 Å². The van der Waals surface area contributed by atoms with Crippen molar-refractivity contribution in [1.29, 1.82) is 0 Å². The highest BCUT2D eigenvalue weighted by Gasteiger charge is 2.69. The third kappa shape index (κ3) is 2.02. The molecular formula is C15H15Br2NO2. The van der Waals surface area contributed by atoms with E-state index < -0.39 is 0 Å². The van der Waals surface area contributed by atoms with Gasteiger partial charge in [0.05, 0.1) is 18.7 Å². The summed E-state index contributed by atoms with van der Waals surface area (Å²) in [6.45, 7) is 0. The first-order chi connectivity index (χ1) is 9.48. The molecule has 0 bridgehead atoms.